The van der Waals surface area contributed by atoms with E-state index in [1.165, 1.54) is 31.7 Å². The number of rotatable bonds is 33. The van der Waals surface area contributed by atoms with Gasteiger partial charge in [0.15, 0.2) is 0 Å². The van der Waals surface area contributed by atoms with Crippen molar-refractivity contribution in [1.82, 2.24) is 68.7 Å². The molecule has 0 aromatic heterocycles. The van der Waals surface area contributed by atoms with E-state index in [0.717, 1.165) is 6.42 Å². The normalized spacial score (nSPS) is 22.4. The first-order valence-electron chi connectivity index (χ1n) is 37.4. The van der Waals surface area contributed by atoms with Crippen LogP contribution in [0.2, 0.25) is 0 Å². The molecule has 0 aliphatic carbocycles. The van der Waals surface area contributed by atoms with Crippen LogP contribution in [0.1, 0.15) is 195 Å². The van der Waals surface area contributed by atoms with Crippen LogP contribution in [-0.2, 0) is 83.1 Å². The van der Waals surface area contributed by atoms with Crippen LogP contribution in [0.15, 0.2) is 42.1 Å². The molecule has 13 amide bonds. The lowest BCUT2D eigenvalue weighted by molar-refractivity contribution is -0.157. The number of nitrogens with zero attached hydrogens (tertiary/aromatic N) is 1. The van der Waals surface area contributed by atoms with Crippen molar-refractivity contribution in [2.24, 2.45) is 47.3 Å². The highest BCUT2D eigenvalue weighted by atomic mass is 16.5. The predicted molar refractivity (Wildman–Crippen MR) is 394 cm³/mol. The number of cyclic esters (lactones) is 1. The maximum Gasteiger partial charge on any atom is 0.329 e. The van der Waals surface area contributed by atoms with Crippen LogP contribution in [0.4, 0.5) is 0 Å². The molecule has 1 aromatic carbocycles. The molecule has 0 spiro atoms. The average molecular weight is 1490 g/mol. The molecule has 2 aliphatic heterocycles. The van der Waals surface area contributed by atoms with Gasteiger partial charge in [-0.25, -0.2) is 4.79 Å². The molecule has 0 saturated carbocycles. The zero-order chi connectivity index (χ0) is 80.3. The molecule has 4 unspecified atom stereocenters. The Hall–Kier alpha value is -9.03. The van der Waals surface area contributed by atoms with E-state index in [0.29, 0.717) is 17.9 Å². The Morgan fingerprint density at radius 3 is 1.66 bits per heavy atom. The highest BCUT2D eigenvalue weighted by Crippen LogP contribution is 2.23. The largest absolute Gasteiger partial charge is 0.481 e. The summed E-state index contributed by atoms with van der Waals surface area (Å²) in [6.45, 7) is 31.1. The van der Waals surface area contributed by atoms with E-state index in [1.54, 1.807) is 127 Å². The van der Waals surface area contributed by atoms with Crippen LogP contribution >= 0.6 is 0 Å². The van der Waals surface area contributed by atoms with Crippen LogP contribution in [0, 0.1) is 47.3 Å². The molecule has 0 bridgehead atoms. The molecule has 16 atom stereocenters. The van der Waals surface area contributed by atoms with Gasteiger partial charge in [-0.15, -0.1) is 0 Å². The number of hydrogen-bond acceptors (Lipinski definition) is 17. The van der Waals surface area contributed by atoms with Crippen molar-refractivity contribution >= 4 is 88.7 Å². The van der Waals surface area contributed by atoms with E-state index in [2.05, 4.69) is 63.8 Å². The zero-order valence-corrected chi connectivity index (χ0v) is 65.3. The molecule has 106 heavy (non-hydrogen) atoms. The molecule has 14 N–H and O–H groups in total. The van der Waals surface area contributed by atoms with Gasteiger partial charge in [0.2, 0.25) is 70.9 Å². The van der Waals surface area contributed by atoms with Crippen LogP contribution < -0.4 is 63.8 Å². The maximum absolute atomic E-state index is 15.0. The van der Waals surface area contributed by atoms with Crippen molar-refractivity contribution in [1.29, 1.82) is 0 Å². The number of hydrogen-bond donors (Lipinski definition) is 14. The molecule has 31 heteroatoms. The quantitative estimate of drug-likeness (QED) is 0.0353. The van der Waals surface area contributed by atoms with Gasteiger partial charge < -0.3 is 83.7 Å². The van der Waals surface area contributed by atoms with Gasteiger partial charge in [0, 0.05) is 25.8 Å². The minimum Gasteiger partial charge on any atom is -0.481 e. The number of benzene rings is 1. The Labute approximate surface area is 623 Å². The molecule has 2 fully saturated rings. The Kier molecular flexibility index (Phi) is 37.5. The zero-order valence-electron chi connectivity index (χ0n) is 65.3. The minimum absolute atomic E-state index is 0.00545. The third-order valence-corrected chi connectivity index (χ3v) is 19.2. The van der Waals surface area contributed by atoms with E-state index in [9.17, 15) is 72.5 Å². The van der Waals surface area contributed by atoms with Crippen LogP contribution in [0.25, 0.3) is 0 Å². The van der Waals surface area contributed by atoms with Gasteiger partial charge in [-0.1, -0.05) is 166 Å². The number of aliphatic carboxylic acids is 1. The van der Waals surface area contributed by atoms with Crippen molar-refractivity contribution in [3.05, 3.63) is 47.7 Å². The summed E-state index contributed by atoms with van der Waals surface area (Å²) in [5.74, 6) is -17.6. The Balaban J connectivity index is 2.02. The van der Waals surface area contributed by atoms with Gasteiger partial charge in [0.1, 0.15) is 84.3 Å². The number of ether oxygens (including phenoxy) is 1. The summed E-state index contributed by atoms with van der Waals surface area (Å²) in [5, 5.41) is 52.4. The third kappa shape index (κ3) is 27.7. The molecule has 1 aromatic rings. The van der Waals surface area contributed by atoms with Crippen molar-refractivity contribution in [2.75, 3.05) is 6.54 Å². The number of esters is 1. The Morgan fingerprint density at radius 2 is 1.13 bits per heavy atom. The lowest BCUT2D eigenvalue weighted by Crippen LogP contribution is -2.64. The summed E-state index contributed by atoms with van der Waals surface area (Å²) in [4.78, 5) is 214. The van der Waals surface area contributed by atoms with Gasteiger partial charge in [-0.05, 0) is 99.4 Å². The number of aliphatic hydroxyl groups excluding tert-OH is 1. The minimum atomic E-state index is -1.89. The molecule has 3 rings (SSSR count). The first-order chi connectivity index (χ1) is 49.6. The highest BCUT2D eigenvalue weighted by Gasteiger charge is 2.45. The summed E-state index contributed by atoms with van der Waals surface area (Å²) in [6, 6.07) is -8.63. The van der Waals surface area contributed by atoms with Crippen LogP contribution in [0.3, 0.4) is 0 Å². The predicted octanol–water partition coefficient (Wildman–Crippen LogP) is 1.96. The van der Waals surface area contributed by atoms with Crippen molar-refractivity contribution in [3.8, 4) is 0 Å². The smallest absolute Gasteiger partial charge is 0.329 e. The topological polar surface area (TPSA) is 453 Å². The van der Waals surface area contributed by atoms with Crippen molar-refractivity contribution < 1.29 is 86.9 Å². The maximum atomic E-state index is 15.0. The Morgan fingerprint density at radius 1 is 0.594 bits per heavy atom. The fraction of sp³-hybridized carbons (Fsp3) is 0.693. The standard InChI is InChI=1S/C75H121N13O18/c1-20-43(16)59(71(101)87-62-46(19)106-75(105)58(42(14)15)83-63(93)48(22-3)76-65(95)50(36-47-29-24-23-25-30-47)78-67(97)55(39(8)9)80-70(100)60(44(17)21-2)85-73(62)103)84-64(94)49(33-34-53(91)92)77-66(96)51-31-27-35-88(51)74(104)57(41(12)13)82-69(99)56(40(10)11)81-72(102)61(45(18)89)86-68(98)54(38(6)7)79-52(90)32-26-28-37(4)5/h22-25,29-30,37-46,49-51,54-62,89H,20-21,26-28,31-36H2,1-19H3,(H,76,95)(H,77,96)(H,78,97)(H,79,90)(H,80,100)(H,81,102)(H,82,99)(H,83,93)(H,84,94)(H,85,103)(H,86,98)(H,87,101)(H,91,92)/b48-22+/t43?,44?,45?,46?,49-,50-,51+,54+,55+,56-,57+,58-,59+,60+,61-,62+/m0/s1. The van der Waals surface area contributed by atoms with E-state index in [1.807, 2.05) is 13.8 Å². The number of nitrogens with one attached hydrogen (secondary N) is 12. The molecule has 594 valence electrons. The van der Waals surface area contributed by atoms with Gasteiger partial charge >= 0.3 is 11.9 Å². The average Bonchev–Trinajstić information content (AvgIpc) is 1.45. The Bertz CT molecular complexity index is 3250. The highest BCUT2D eigenvalue weighted by molar-refractivity contribution is 6.03. The van der Waals surface area contributed by atoms with Crippen molar-refractivity contribution in [2.45, 2.75) is 280 Å². The lowest BCUT2D eigenvalue weighted by atomic mass is 9.95. The van der Waals surface area contributed by atoms with E-state index in [-0.39, 0.29) is 56.7 Å². The molecule has 31 nitrogen and oxygen atoms in total. The van der Waals surface area contributed by atoms with E-state index >= 15 is 9.59 Å². The molecule has 2 heterocycles. The molecular formula is C75H121N13O18. The number of carboxylic acid groups (broad SMARTS) is 1. The number of aliphatic hydroxyl groups is 1. The monoisotopic (exact) mass is 1490 g/mol. The number of carbonyl (C=O) groups excluding carboxylic acids is 14. The molecule has 2 aliphatic rings. The second-order valence-corrected chi connectivity index (χ2v) is 30.2. The first kappa shape index (κ1) is 91.2. The third-order valence-electron chi connectivity index (χ3n) is 19.2. The summed E-state index contributed by atoms with van der Waals surface area (Å²) in [6.07, 6.45) is -0.777. The van der Waals surface area contributed by atoms with Gasteiger partial charge in [0.05, 0.1) is 6.10 Å². The van der Waals surface area contributed by atoms with Gasteiger partial charge in [0.25, 0.3) is 5.91 Å². The number of likely N-dealkylation sites (tertiary alicyclic amines) is 1. The second-order valence-electron chi connectivity index (χ2n) is 30.2. The number of amides is 13. The SMILES string of the molecule is C/C=C1/NC(=O)[C@H](Cc2ccccc2)NC(=O)[C@@H](C(C)C)NC(=O)[C@@H](C(C)CC)NC(=O)[C@H](NC(=O)[C@H](NC(=O)[C@H](CCC(=O)O)NC(=O)[C@H]2CCCN2C(=O)[C@H](NC(=O)[C@@H](NC(=O)[C@@H](NC(=O)[C@H](NC(=O)CCCC(C)C)C(C)C)C(C)O)C(C)C)C(C)C)C(C)CC)C(C)OC(=O)[C@H](C(C)C)NC1=O. The van der Waals surface area contributed by atoms with Crippen LogP contribution in [0.5, 0.6) is 0 Å². The first-order valence-corrected chi connectivity index (χ1v) is 37.4. The van der Waals surface area contributed by atoms with E-state index in [4.69, 9.17) is 4.74 Å². The van der Waals surface area contributed by atoms with E-state index < -0.39 is 222 Å². The summed E-state index contributed by atoms with van der Waals surface area (Å²) in [7, 11) is 0. The van der Waals surface area contributed by atoms with Gasteiger partial charge in [-0.2, -0.15) is 0 Å². The lowest BCUT2D eigenvalue weighted by Gasteiger charge is -2.33. The second kappa shape index (κ2) is 43.6. The summed E-state index contributed by atoms with van der Waals surface area (Å²) in [5.41, 5.74) is 0.331. The molecule has 2 saturated heterocycles. The molecule has 0 radical (unpaired) electrons. The fourth-order valence-corrected chi connectivity index (χ4v) is 12.1. The molecular weight excluding hydrogens is 1370 g/mol. The number of allylic oxidation sites excluding steroid dienone is 1. The number of carbonyl (C=O) groups is 15. The summed E-state index contributed by atoms with van der Waals surface area (Å²) >= 11 is 0. The fourth-order valence-electron chi connectivity index (χ4n) is 12.1. The van der Waals surface area contributed by atoms with Gasteiger partial charge in [-0.3, -0.25) is 67.1 Å². The number of carboxylic acids is 1. The van der Waals surface area contributed by atoms with Crippen LogP contribution in [-0.4, -0.2) is 195 Å². The summed E-state index contributed by atoms with van der Waals surface area (Å²) < 4.78 is 5.93. The van der Waals surface area contributed by atoms with Crippen molar-refractivity contribution in [3.63, 3.8) is 0 Å².